The summed E-state index contributed by atoms with van der Waals surface area (Å²) in [7, 11) is 0. The van der Waals surface area contributed by atoms with Gasteiger partial charge in [-0.1, -0.05) is 37.5 Å². The highest BCUT2D eigenvalue weighted by Gasteiger charge is 2.45. The number of hydrogen-bond donors (Lipinski definition) is 0. The molecule has 2 aromatic rings. The molecule has 5 nitrogen and oxygen atoms in total. The van der Waals surface area contributed by atoms with E-state index < -0.39 is 0 Å². The van der Waals surface area contributed by atoms with Crippen LogP contribution in [0.3, 0.4) is 0 Å². The van der Waals surface area contributed by atoms with E-state index in [-0.39, 0.29) is 5.54 Å². The standard InChI is InChI=1S/C19H27N5/c1-15-9-8-10-16(2)17(15)24-18(20-21-22-24)19(11-4-5-12-19)23-13-6-3-7-14-23/h8-10H,3-7,11-14H2,1-2H3. The number of para-hydroxylation sites is 1. The van der Waals surface area contributed by atoms with Crippen molar-refractivity contribution in [1.82, 2.24) is 25.1 Å². The molecule has 1 aromatic carbocycles. The van der Waals surface area contributed by atoms with E-state index in [2.05, 4.69) is 52.5 Å². The molecular formula is C19H27N5. The third-order valence-electron chi connectivity index (χ3n) is 5.93. The van der Waals surface area contributed by atoms with Crippen LogP contribution in [0.4, 0.5) is 0 Å². The van der Waals surface area contributed by atoms with Gasteiger partial charge in [0.1, 0.15) is 0 Å². The normalized spacial score (nSPS) is 21.2. The van der Waals surface area contributed by atoms with Crippen LogP contribution in [0.1, 0.15) is 61.9 Å². The Labute approximate surface area is 144 Å². The molecular weight excluding hydrogens is 298 g/mol. The van der Waals surface area contributed by atoms with Gasteiger partial charge < -0.3 is 0 Å². The fraction of sp³-hybridized carbons (Fsp3) is 0.632. The lowest BCUT2D eigenvalue weighted by atomic mass is 9.91. The number of rotatable bonds is 3. The number of hydrogen-bond acceptors (Lipinski definition) is 4. The first kappa shape index (κ1) is 15.8. The summed E-state index contributed by atoms with van der Waals surface area (Å²) in [6.07, 6.45) is 8.86. The van der Waals surface area contributed by atoms with E-state index >= 15 is 0 Å². The van der Waals surface area contributed by atoms with E-state index in [9.17, 15) is 0 Å². The minimum Gasteiger partial charge on any atom is -0.291 e. The van der Waals surface area contributed by atoms with E-state index in [1.807, 2.05) is 4.68 Å². The highest BCUT2D eigenvalue weighted by atomic mass is 15.6. The molecule has 1 aliphatic carbocycles. The minimum absolute atomic E-state index is 0.0264. The summed E-state index contributed by atoms with van der Waals surface area (Å²) in [6.45, 7) is 6.66. The van der Waals surface area contributed by atoms with Crippen LogP contribution in [-0.4, -0.2) is 38.2 Å². The van der Waals surface area contributed by atoms with Gasteiger partial charge in [-0.25, -0.2) is 0 Å². The highest BCUT2D eigenvalue weighted by molar-refractivity contribution is 5.47. The number of aryl methyl sites for hydroxylation is 2. The van der Waals surface area contributed by atoms with E-state index in [4.69, 9.17) is 0 Å². The van der Waals surface area contributed by atoms with Gasteiger partial charge in [0.2, 0.25) is 0 Å². The van der Waals surface area contributed by atoms with Crippen molar-refractivity contribution in [3.05, 3.63) is 35.2 Å². The maximum atomic E-state index is 4.56. The number of likely N-dealkylation sites (tertiary alicyclic amines) is 1. The van der Waals surface area contributed by atoms with Crippen molar-refractivity contribution in [2.45, 2.75) is 64.3 Å². The van der Waals surface area contributed by atoms with Crippen LogP contribution < -0.4 is 0 Å². The molecule has 2 aliphatic rings. The van der Waals surface area contributed by atoms with Gasteiger partial charge >= 0.3 is 0 Å². The Bertz CT molecular complexity index is 688. The second kappa shape index (κ2) is 6.28. The Morgan fingerprint density at radius 1 is 0.917 bits per heavy atom. The van der Waals surface area contributed by atoms with Crippen molar-refractivity contribution in [2.75, 3.05) is 13.1 Å². The minimum atomic E-state index is 0.0264. The fourth-order valence-corrected chi connectivity index (χ4v) is 4.73. The van der Waals surface area contributed by atoms with Crippen molar-refractivity contribution in [3.63, 3.8) is 0 Å². The summed E-state index contributed by atoms with van der Waals surface area (Å²) in [6, 6.07) is 6.40. The summed E-state index contributed by atoms with van der Waals surface area (Å²) in [5.41, 5.74) is 3.64. The summed E-state index contributed by atoms with van der Waals surface area (Å²) in [4.78, 5) is 2.68. The van der Waals surface area contributed by atoms with Crippen LogP contribution >= 0.6 is 0 Å². The molecule has 0 unspecified atom stereocenters. The zero-order valence-corrected chi connectivity index (χ0v) is 14.8. The molecule has 1 saturated heterocycles. The molecule has 0 radical (unpaired) electrons. The van der Waals surface area contributed by atoms with Crippen molar-refractivity contribution in [3.8, 4) is 5.69 Å². The van der Waals surface area contributed by atoms with Gasteiger partial charge in [-0.2, -0.15) is 4.68 Å². The predicted octanol–water partition coefficient (Wildman–Crippen LogP) is 3.53. The van der Waals surface area contributed by atoms with Gasteiger partial charge in [-0.05, 0) is 74.2 Å². The molecule has 1 saturated carbocycles. The van der Waals surface area contributed by atoms with Gasteiger partial charge in [-0.3, -0.25) is 4.90 Å². The number of tetrazole rings is 1. The predicted molar refractivity (Wildman–Crippen MR) is 94.2 cm³/mol. The Morgan fingerprint density at radius 2 is 1.58 bits per heavy atom. The summed E-state index contributed by atoms with van der Waals surface area (Å²) >= 11 is 0. The molecule has 0 amide bonds. The monoisotopic (exact) mass is 325 g/mol. The summed E-state index contributed by atoms with van der Waals surface area (Å²) in [5.74, 6) is 1.05. The zero-order valence-electron chi connectivity index (χ0n) is 14.8. The van der Waals surface area contributed by atoms with Crippen molar-refractivity contribution >= 4 is 0 Å². The zero-order chi connectivity index (χ0) is 16.6. The van der Waals surface area contributed by atoms with Crippen molar-refractivity contribution in [1.29, 1.82) is 0 Å². The highest BCUT2D eigenvalue weighted by Crippen LogP contribution is 2.44. The molecule has 5 heteroatoms. The van der Waals surface area contributed by atoms with Crippen molar-refractivity contribution in [2.24, 2.45) is 0 Å². The molecule has 0 bridgehead atoms. The SMILES string of the molecule is Cc1cccc(C)c1-n1nnnc1C1(N2CCCCC2)CCCC1. The molecule has 0 N–H and O–H groups in total. The summed E-state index contributed by atoms with van der Waals surface area (Å²) in [5, 5.41) is 13.1. The second-order valence-electron chi connectivity index (χ2n) is 7.44. The molecule has 0 spiro atoms. The topological polar surface area (TPSA) is 46.8 Å². The molecule has 2 fully saturated rings. The molecule has 1 aromatic heterocycles. The van der Waals surface area contributed by atoms with Gasteiger partial charge in [0.05, 0.1) is 11.2 Å². The lowest BCUT2D eigenvalue weighted by Gasteiger charge is -2.42. The Kier molecular flexibility index (Phi) is 4.12. The second-order valence-corrected chi connectivity index (χ2v) is 7.44. The maximum absolute atomic E-state index is 4.56. The average molecular weight is 325 g/mol. The van der Waals surface area contributed by atoms with Crippen LogP contribution in [0.15, 0.2) is 18.2 Å². The quantitative estimate of drug-likeness (QED) is 0.866. The van der Waals surface area contributed by atoms with Crippen LogP contribution in [0.25, 0.3) is 5.69 Å². The van der Waals surface area contributed by atoms with Gasteiger partial charge in [-0.15, -0.1) is 5.10 Å². The Morgan fingerprint density at radius 3 is 2.25 bits per heavy atom. The first-order chi connectivity index (χ1) is 11.7. The van der Waals surface area contributed by atoms with E-state index in [0.29, 0.717) is 0 Å². The van der Waals surface area contributed by atoms with Gasteiger partial charge in [0, 0.05) is 0 Å². The van der Waals surface area contributed by atoms with Crippen LogP contribution in [0, 0.1) is 13.8 Å². The third kappa shape index (κ3) is 2.46. The van der Waals surface area contributed by atoms with E-state index in [1.165, 1.54) is 69.2 Å². The number of piperidine rings is 1. The number of nitrogens with zero attached hydrogens (tertiary/aromatic N) is 5. The first-order valence-corrected chi connectivity index (χ1v) is 9.33. The van der Waals surface area contributed by atoms with Gasteiger partial charge in [0.25, 0.3) is 0 Å². The molecule has 24 heavy (non-hydrogen) atoms. The van der Waals surface area contributed by atoms with Crippen LogP contribution in [0.2, 0.25) is 0 Å². The summed E-state index contributed by atoms with van der Waals surface area (Å²) < 4.78 is 2.03. The Hall–Kier alpha value is -1.75. The third-order valence-corrected chi connectivity index (χ3v) is 5.93. The molecule has 0 atom stereocenters. The van der Waals surface area contributed by atoms with Crippen LogP contribution in [0.5, 0.6) is 0 Å². The number of benzene rings is 1. The van der Waals surface area contributed by atoms with E-state index in [0.717, 1.165) is 11.5 Å². The fourth-order valence-electron chi connectivity index (χ4n) is 4.73. The maximum Gasteiger partial charge on any atom is 0.176 e. The van der Waals surface area contributed by atoms with Crippen LogP contribution in [-0.2, 0) is 5.54 Å². The number of aromatic nitrogens is 4. The Balaban J connectivity index is 1.83. The first-order valence-electron chi connectivity index (χ1n) is 9.33. The molecule has 4 rings (SSSR count). The lowest BCUT2D eigenvalue weighted by Crippen LogP contribution is -2.48. The smallest absolute Gasteiger partial charge is 0.176 e. The van der Waals surface area contributed by atoms with E-state index in [1.54, 1.807) is 0 Å². The largest absolute Gasteiger partial charge is 0.291 e. The van der Waals surface area contributed by atoms with Gasteiger partial charge in [0.15, 0.2) is 5.82 Å². The average Bonchev–Trinajstić information content (AvgIpc) is 3.25. The lowest BCUT2D eigenvalue weighted by molar-refractivity contribution is 0.0589. The van der Waals surface area contributed by atoms with Crippen molar-refractivity contribution < 1.29 is 0 Å². The molecule has 1 aliphatic heterocycles. The molecule has 2 heterocycles. The molecule has 128 valence electrons.